The summed E-state index contributed by atoms with van der Waals surface area (Å²) in [6.07, 6.45) is 9.45. The molecule has 5 fully saturated rings. The van der Waals surface area contributed by atoms with Crippen molar-refractivity contribution >= 4 is 10.0 Å². The highest BCUT2D eigenvalue weighted by Crippen LogP contribution is 2.55. The lowest BCUT2D eigenvalue weighted by molar-refractivity contribution is -0.00811. The molecule has 5 rings (SSSR count). The molecule has 0 aromatic heterocycles. The van der Waals surface area contributed by atoms with Gasteiger partial charge in [-0.1, -0.05) is 0 Å². The normalized spacial score (nSPS) is 47.0. The number of hydrogen-bond donors (Lipinski definition) is 2. The van der Waals surface area contributed by atoms with Gasteiger partial charge in [0.2, 0.25) is 10.0 Å². The Morgan fingerprint density at radius 2 is 1.65 bits per heavy atom. The summed E-state index contributed by atoms with van der Waals surface area (Å²) in [6.45, 7) is 0.970. The van der Waals surface area contributed by atoms with Gasteiger partial charge in [0, 0.05) is 11.6 Å². The molecular weight excluding hydrogens is 272 g/mol. The van der Waals surface area contributed by atoms with Gasteiger partial charge in [0.25, 0.3) is 0 Å². The Balaban J connectivity index is 1.47. The second-order valence-corrected chi connectivity index (χ2v) is 9.64. The van der Waals surface area contributed by atoms with Crippen LogP contribution in [-0.4, -0.2) is 32.3 Å². The number of sulfonamides is 1. The van der Waals surface area contributed by atoms with E-state index >= 15 is 0 Å². The van der Waals surface area contributed by atoms with Crippen LogP contribution in [-0.2, 0) is 10.0 Å². The van der Waals surface area contributed by atoms with Gasteiger partial charge in [-0.15, -0.1) is 0 Å². The Kier molecular flexibility index (Phi) is 3.17. The smallest absolute Gasteiger partial charge is 0.213 e. The summed E-state index contributed by atoms with van der Waals surface area (Å²) < 4.78 is 28.2. The third kappa shape index (κ3) is 2.53. The van der Waals surface area contributed by atoms with Gasteiger partial charge in [-0.25, -0.2) is 13.1 Å². The van der Waals surface area contributed by atoms with E-state index < -0.39 is 10.0 Å². The third-order valence-electron chi connectivity index (χ3n) is 5.99. The molecule has 1 unspecified atom stereocenters. The first-order valence-corrected chi connectivity index (χ1v) is 9.92. The predicted octanol–water partition coefficient (Wildman–Crippen LogP) is 1.63. The largest absolute Gasteiger partial charge is 0.313 e. The van der Waals surface area contributed by atoms with E-state index in [9.17, 15) is 8.42 Å². The molecule has 0 aromatic rings. The first-order valence-electron chi connectivity index (χ1n) is 8.27. The molecule has 1 heterocycles. The van der Waals surface area contributed by atoms with Gasteiger partial charge in [0.05, 0.1) is 5.75 Å². The van der Waals surface area contributed by atoms with E-state index in [1.807, 2.05) is 0 Å². The molecule has 5 heteroatoms. The van der Waals surface area contributed by atoms with Gasteiger partial charge in [0.15, 0.2) is 0 Å². The van der Waals surface area contributed by atoms with Gasteiger partial charge in [-0.2, -0.15) is 0 Å². The molecule has 4 bridgehead atoms. The molecule has 2 N–H and O–H groups in total. The Hall–Kier alpha value is -0.130. The number of rotatable bonds is 4. The molecule has 20 heavy (non-hydrogen) atoms. The maximum atomic E-state index is 12.5. The van der Waals surface area contributed by atoms with Crippen LogP contribution >= 0.6 is 0 Å². The molecule has 4 saturated carbocycles. The molecule has 1 saturated heterocycles. The van der Waals surface area contributed by atoms with E-state index in [0.717, 1.165) is 56.4 Å². The number of hydrogen-bond acceptors (Lipinski definition) is 3. The molecule has 4 nitrogen and oxygen atoms in total. The Morgan fingerprint density at radius 1 is 1.05 bits per heavy atom. The first-order chi connectivity index (χ1) is 9.52. The molecular formula is C15H26N2O2S. The molecule has 0 aromatic carbocycles. The fourth-order valence-corrected chi connectivity index (χ4v) is 7.58. The van der Waals surface area contributed by atoms with Gasteiger partial charge in [0.1, 0.15) is 0 Å². The topological polar surface area (TPSA) is 58.2 Å². The third-order valence-corrected chi connectivity index (χ3v) is 7.58. The first kappa shape index (κ1) is 13.5. The van der Waals surface area contributed by atoms with Crippen molar-refractivity contribution in [1.82, 2.24) is 10.0 Å². The highest BCUT2D eigenvalue weighted by molar-refractivity contribution is 7.89. The highest BCUT2D eigenvalue weighted by atomic mass is 32.2. The quantitative estimate of drug-likeness (QED) is 0.829. The van der Waals surface area contributed by atoms with E-state index in [1.165, 1.54) is 19.3 Å². The highest BCUT2D eigenvalue weighted by Gasteiger charge is 2.52. The van der Waals surface area contributed by atoms with Crippen molar-refractivity contribution in [2.24, 2.45) is 17.8 Å². The second-order valence-electron chi connectivity index (χ2n) is 7.87. The summed E-state index contributed by atoms with van der Waals surface area (Å²) in [5.41, 5.74) is -0.0772. The van der Waals surface area contributed by atoms with Crippen LogP contribution in [0.15, 0.2) is 0 Å². The van der Waals surface area contributed by atoms with Gasteiger partial charge < -0.3 is 5.32 Å². The lowest BCUT2D eigenvalue weighted by Gasteiger charge is -2.56. The van der Waals surface area contributed by atoms with Crippen molar-refractivity contribution < 1.29 is 8.42 Å². The van der Waals surface area contributed by atoms with Crippen LogP contribution in [0.2, 0.25) is 0 Å². The zero-order valence-electron chi connectivity index (χ0n) is 12.1. The van der Waals surface area contributed by atoms with Crippen LogP contribution in [0, 0.1) is 17.8 Å². The van der Waals surface area contributed by atoms with Gasteiger partial charge >= 0.3 is 0 Å². The fourth-order valence-electron chi connectivity index (χ4n) is 5.77. The average molecular weight is 298 g/mol. The van der Waals surface area contributed by atoms with Gasteiger partial charge in [-0.05, 0) is 75.7 Å². The van der Waals surface area contributed by atoms with Gasteiger partial charge in [-0.3, -0.25) is 0 Å². The van der Waals surface area contributed by atoms with Crippen molar-refractivity contribution in [3.63, 3.8) is 0 Å². The Morgan fingerprint density at radius 3 is 2.15 bits per heavy atom. The van der Waals surface area contributed by atoms with Crippen LogP contribution in [0.3, 0.4) is 0 Å². The minimum Gasteiger partial charge on any atom is -0.313 e. The minimum atomic E-state index is -3.14. The van der Waals surface area contributed by atoms with E-state index in [2.05, 4.69) is 10.0 Å². The van der Waals surface area contributed by atoms with Crippen molar-refractivity contribution in [2.45, 2.75) is 62.9 Å². The minimum absolute atomic E-state index is 0.0772. The summed E-state index contributed by atoms with van der Waals surface area (Å²) >= 11 is 0. The van der Waals surface area contributed by atoms with Crippen LogP contribution in [0.25, 0.3) is 0 Å². The molecule has 1 aliphatic heterocycles. The summed E-state index contributed by atoms with van der Waals surface area (Å²) in [5, 5.41) is 3.30. The molecule has 4 aliphatic carbocycles. The molecule has 5 aliphatic rings. The van der Waals surface area contributed by atoms with Crippen LogP contribution in [0.5, 0.6) is 0 Å². The molecule has 0 spiro atoms. The molecule has 114 valence electrons. The lowest BCUT2D eigenvalue weighted by Crippen LogP contribution is -2.60. The average Bonchev–Trinajstić information content (AvgIpc) is 2.76. The lowest BCUT2D eigenvalue weighted by atomic mass is 9.53. The standard InChI is InChI=1S/C15H26N2O2S/c18-20(19,10-14-2-1-3-16-14)17-15-7-11-4-12(8-15)6-13(5-11)9-15/h11-14,16-17H,1-10H2. The maximum absolute atomic E-state index is 12.5. The molecule has 0 amide bonds. The molecule has 0 radical (unpaired) electrons. The molecule has 1 atom stereocenters. The van der Waals surface area contributed by atoms with E-state index in [4.69, 9.17) is 0 Å². The summed E-state index contributed by atoms with van der Waals surface area (Å²) in [7, 11) is -3.14. The fraction of sp³-hybridized carbons (Fsp3) is 1.00. The summed E-state index contributed by atoms with van der Waals surface area (Å²) in [6, 6.07) is 0.168. The Labute approximate surface area is 122 Å². The van der Waals surface area contributed by atoms with E-state index in [-0.39, 0.29) is 17.3 Å². The Bertz CT molecular complexity index is 447. The number of nitrogens with one attached hydrogen (secondary N) is 2. The van der Waals surface area contributed by atoms with Crippen LogP contribution in [0.1, 0.15) is 51.4 Å². The van der Waals surface area contributed by atoms with E-state index in [1.54, 1.807) is 0 Å². The van der Waals surface area contributed by atoms with E-state index in [0.29, 0.717) is 0 Å². The summed E-state index contributed by atoms with van der Waals surface area (Å²) in [5.74, 6) is 2.63. The monoisotopic (exact) mass is 298 g/mol. The maximum Gasteiger partial charge on any atom is 0.213 e. The van der Waals surface area contributed by atoms with Crippen LogP contribution in [0.4, 0.5) is 0 Å². The van der Waals surface area contributed by atoms with Crippen molar-refractivity contribution in [2.75, 3.05) is 12.3 Å². The van der Waals surface area contributed by atoms with Crippen molar-refractivity contribution in [3.8, 4) is 0 Å². The zero-order chi connectivity index (χ0) is 13.8. The van der Waals surface area contributed by atoms with Crippen molar-refractivity contribution in [3.05, 3.63) is 0 Å². The summed E-state index contributed by atoms with van der Waals surface area (Å²) in [4.78, 5) is 0. The van der Waals surface area contributed by atoms with Crippen LogP contribution < -0.4 is 10.0 Å². The SMILES string of the molecule is O=S(=O)(CC1CCCN1)NC12CC3CC(CC(C3)C1)C2. The zero-order valence-corrected chi connectivity index (χ0v) is 12.9. The predicted molar refractivity (Wildman–Crippen MR) is 78.9 cm³/mol. The second kappa shape index (κ2) is 4.68. The van der Waals surface area contributed by atoms with Crippen molar-refractivity contribution in [1.29, 1.82) is 0 Å².